The molecule has 1 aliphatic heterocycles. The summed E-state index contributed by atoms with van der Waals surface area (Å²) in [6.45, 7) is 7.38. The van der Waals surface area contributed by atoms with Crippen molar-refractivity contribution in [3.05, 3.63) is 72.3 Å². The average Bonchev–Trinajstić information content (AvgIpc) is 3.31. The van der Waals surface area contributed by atoms with Crippen molar-refractivity contribution in [3.8, 4) is 11.3 Å². The monoisotopic (exact) mass is 561 g/mol. The van der Waals surface area contributed by atoms with Gasteiger partial charge in [-0.1, -0.05) is 18.2 Å². The van der Waals surface area contributed by atoms with E-state index in [1.807, 2.05) is 36.4 Å². The Morgan fingerprint density at radius 1 is 0.975 bits per heavy atom. The van der Waals surface area contributed by atoms with Crippen molar-refractivity contribution in [3.63, 3.8) is 0 Å². The van der Waals surface area contributed by atoms with Crippen molar-refractivity contribution in [2.75, 3.05) is 25.5 Å². The smallest absolute Gasteiger partial charge is 0.251 e. The zero-order valence-corrected chi connectivity index (χ0v) is 24.0. The third-order valence-electron chi connectivity index (χ3n) is 6.70. The number of piperidine rings is 1. The molecule has 1 fully saturated rings. The van der Waals surface area contributed by atoms with E-state index in [9.17, 15) is 13.2 Å². The number of carbonyl (C=O) groups is 1. The van der Waals surface area contributed by atoms with Gasteiger partial charge in [0.2, 0.25) is 16.0 Å². The van der Waals surface area contributed by atoms with Gasteiger partial charge in [0.1, 0.15) is 0 Å². The van der Waals surface area contributed by atoms with Crippen molar-refractivity contribution in [2.45, 2.75) is 50.1 Å². The van der Waals surface area contributed by atoms with E-state index in [-0.39, 0.29) is 16.8 Å². The Kier molecular flexibility index (Phi) is 7.63. The molecule has 3 N–H and O–H groups in total. The lowest BCUT2D eigenvalue weighted by molar-refractivity contribution is 0.0917. The zero-order valence-electron chi connectivity index (χ0n) is 23.2. The number of amides is 1. The van der Waals surface area contributed by atoms with Gasteiger partial charge in [-0.15, -0.1) is 5.10 Å². The number of rotatable bonds is 7. The number of sulfonamides is 1. The van der Waals surface area contributed by atoms with Crippen LogP contribution in [0, 0.1) is 0 Å². The predicted octanol–water partition coefficient (Wildman–Crippen LogP) is 4.04. The van der Waals surface area contributed by atoms with Crippen molar-refractivity contribution in [1.29, 1.82) is 0 Å². The number of nitrogens with one attached hydrogen (secondary N) is 3. The largest absolute Gasteiger partial charge is 0.349 e. The van der Waals surface area contributed by atoms with E-state index in [0.29, 0.717) is 28.4 Å². The Bertz CT molecular complexity index is 1620. The highest BCUT2D eigenvalue weighted by Gasteiger charge is 2.23. The summed E-state index contributed by atoms with van der Waals surface area (Å²) < 4.78 is 30.2. The van der Waals surface area contributed by atoms with Crippen LogP contribution in [-0.2, 0) is 10.0 Å². The van der Waals surface area contributed by atoms with Gasteiger partial charge in [-0.2, -0.15) is 4.98 Å². The fraction of sp³-hybridized carbons (Fsp3) is 0.345. The molecule has 0 aliphatic carbocycles. The fourth-order valence-electron chi connectivity index (χ4n) is 4.72. The van der Waals surface area contributed by atoms with Gasteiger partial charge in [0.15, 0.2) is 5.65 Å². The SMILES string of the molecule is CN1CCC(NC(=O)c2ccc(Nc3nc4cccc(-c5cccc(S(=O)(=O)NC(C)(C)C)c5)n4n3)cc2)CC1. The minimum atomic E-state index is -3.70. The molecule has 1 amide bonds. The summed E-state index contributed by atoms with van der Waals surface area (Å²) in [6, 6.07) is 19.7. The molecule has 5 rings (SSSR count). The lowest BCUT2D eigenvalue weighted by Crippen LogP contribution is -2.43. The molecule has 1 aliphatic rings. The van der Waals surface area contributed by atoms with Crippen LogP contribution in [0.2, 0.25) is 0 Å². The molecule has 0 unspecified atom stereocenters. The molecule has 0 saturated carbocycles. The minimum absolute atomic E-state index is 0.0708. The van der Waals surface area contributed by atoms with Crippen molar-refractivity contribution >= 4 is 33.2 Å². The first-order chi connectivity index (χ1) is 19.0. The molecule has 0 spiro atoms. The quantitative estimate of drug-likeness (QED) is 0.311. The number of nitrogens with zero attached hydrogens (tertiary/aromatic N) is 4. The van der Waals surface area contributed by atoms with Crippen molar-refractivity contribution in [1.82, 2.24) is 29.5 Å². The van der Waals surface area contributed by atoms with Crippen LogP contribution in [0.15, 0.2) is 71.6 Å². The Morgan fingerprint density at radius 2 is 1.68 bits per heavy atom. The number of fused-ring (bicyclic) bond motifs is 1. The molecule has 2 aromatic heterocycles. The number of hydrogen-bond donors (Lipinski definition) is 3. The Labute approximate surface area is 234 Å². The second-order valence-electron chi connectivity index (χ2n) is 11.3. The molecule has 40 heavy (non-hydrogen) atoms. The van der Waals surface area contributed by atoms with E-state index in [0.717, 1.165) is 31.6 Å². The van der Waals surface area contributed by atoms with Gasteiger partial charge < -0.3 is 15.5 Å². The summed E-state index contributed by atoms with van der Waals surface area (Å²) in [5, 5.41) is 11.0. The van der Waals surface area contributed by atoms with Gasteiger partial charge in [-0.05, 0) is 102 Å². The van der Waals surface area contributed by atoms with Crippen LogP contribution < -0.4 is 15.4 Å². The molecule has 210 valence electrons. The van der Waals surface area contributed by atoms with E-state index in [2.05, 4.69) is 37.4 Å². The first-order valence-corrected chi connectivity index (χ1v) is 14.8. The number of pyridine rings is 1. The van der Waals surface area contributed by atoms with Crippen LogP contribution >= 0.6 is 0 Å². The second kappa shape index (κ2) is 11.0. The highest BCUT2D eigenvalue weighted by molar-refractivity contribution is 7.89. The molecule has 11 heteroatoms. The van der Waals surface area contributed by atoms with Crippen LogP contribution in [0.4, 0.5) is 11.6 Å². The van der Waals surface area contributed by atoms with Crippen LogP contribution in [0.1, 0.15) is 44.0 Å². The first-order valence-electron chi connectivity index (χ1n) is 13.3. The number of likely N-dealkylation sites (tertiary alicyclic amines) is 1. The van der Waals surface area contributed by atoms with Crippen molar-refractivity contribution in [2.24, 2.45) is 0 Å². The summed E-state index contributed by atoms with van der Waals surface area (Å²) in [7, 11) is -1.60. The third-order valence-corrected chi connectivity index (χ3v) is 8.45. The van der Waals surface area contributed by atoms with Gasteiger partial charge in [0.05, 0.1) is 10.6 Å². The van der Waals surface area contributed by atoms with Crippen LogP contribution in [-0.4, -0.2) is 65.5 Å². The average molecular weight is 562 g/mol. The fourth-order valence-corrected chi connectivity index (χ4v) is 6.18. The van der Waals surface area contributed by atoms with E-state index in [1.54, 1.807) is 55.6 Å². The standard InChI is InChI=1S/C29H35N7O3S/c1-29(2,3)34-40(38,39)24-8-5-7-21(19-24)25-9-6-10-26-32-28(33-36(25)26)31-22-13-11-20(12-14-22)27(37)30-23-15-17-35(4)18-16-23/h5-14,19,23,34H,15-18H2,1-4H3,(H,30,37)(H,31,33). The molecule has 0 bridgehead atoms. The van der Waals surface area contributed by atoms with Gasteiger partial charge in [0, 0.05) is 28.4 Å². The highest BCUT2D eigenvalue weighted by atomic mass is 32.2. The molecule has 0 radical (unpaired) electrons. The van der Waals surface area contributed by atoms with E-state index < -0.39 is 15.6 Å². The zero-order chi connectivity index (χ0) is 28.5. The lowest BCUT2D eigenvalue weighted by Gasteiger charge is -2.29. The summed E-state index contributed by atoms with van der Waals surface area (Å²) >= 11 is 0. The first kappa shape index (κ1) is 27.8. The van der Waals surface area contributed by atoms with E-state index in [4.69, 9.17) is 0 Å². The molecule has 3 heterocycles. The second-order valence-corrected chi connectivity index (χ2v) is 12.9. The summed E-state index contributed by atoms with van der Waals surface area (Å²) in [4.78, 5) is 19.7. The van der Waals surface area contributed by atoms with Gasteiger partial charge >= 0.3 is 0 Å². The van der Waals surface area contributed by atoms with Crippen molar-refractivity contribution < 1.29 is 13.2 Å². The Hall–Kier alpha value is -3.80. The minimum Gasteiger partial charge on any atom is -0.349 e. The predicted molar refractivity (Wildman–Crippen MR) is 156 cm³/mol. The van der Waals surface area contributed by atoms with E-state index in [1.165, 1.54) is 0 Å². The van der Waals surface area contributed by atoms with Crippen LogP contribution in [0.25, 0.3) is 16.9 Å². The molecule has 1 saturated heterocycles. The Morgan fingerprint density at radius 3 is 2.38 bits per heavy atom. The summed E-state index contributed by atoms with van der Waals surface area (Å²) in [5.74, 6) is 0.313. The maximum Gasteiger partial charge on any atom is 0.251 e. The molecule has 0 atom stereocenters. The maximum absolute atomic E-state index is 12.9. The number of benzene rings is 2. The normalized spacial score (nSPS) is 15.3. The van der Waals surface area contributed by atoms with Gasteiger partial charge in [0.25, 0.3) is 5.91 Å². The molecule has 2 aromatic carbocycles. The summed E-state index contributed by atoms with van der Waals surface area (Å²) in [5.41, 5.74) is 2.75. The summed E-state index contributed by atoms with van der Waals surface area (Å²) in [6.07, 6.45) is 1.91. The number of aromatic nitrogens is 3. The van der Waals surface area contributed by atoms with Gasteiger partial charge in [-0.3, -0.25) is 4.79 Å². The van der Waals surface area contributed by atoms with Crippen LogP contribution in [0.3, 0.4) is 0 Å². The third kappa shape index (κ3) is 6.49. The molecule has 4 aromatic rings. The maximum atomic E-state index is 12.9. The topological polar surface area (TPSA) is 121 Å². The Balaban J connectivity index is 1.33. The number of hydrogen-bond acceptors (Lipinski definition) is 7. The number of anilines is 2. The van der Waals surface area contributed by atoms with Gasteiger partial charge in [-0.25, -0.2) is 17.7 Å². The van der Waals surface area contributed by atoms with Crippen LogP contribution in [0.5, 0.6) is 0 Å². The highest BCUT2D eigenvalue weighted by Crippen LogP contribution is 2.25. The molecule has 10 nitrogen and oxygen atoms in total. The molecular formula is C29H35N7O3S. The number of carbonyl (C=O) groups excluding carboxylic acids is 1. The molecular weight excluding hydrogens is 526 g/mol. The lowest BCUT2D eigenvalue weighted by atomic mass is 10.0. The van der Waals surface area contributed by atoms with E-state index >= 15 is 0 Å².